The number of alkyl halides is 3. The summed E-state index contributed by atoms with van der Waals surface area (Å²) in [6, 6.07) is 9.16. The SMILES string of the molecule is CC[C@@H](C)NC(=O)c1nn(-c2cc(C)cc(C)c2)c(=O)n(Cc2ccc(C(F)(F)F)cc2)c1=O. The van der Waals surface area contributed by atoms with Gasteiger partial charge in [-0.25, -0.2) is 4.79 Å². The standard InChI is InChI=1S/C24H25F3N4O3/c1-5-16(4)28-21(32)20-22(33)30(13-17-6-8-18(9-7-17)24(25,26)27)23(34)31(29-20)19-11-14(2)10-15(3)12-19/h6-12,16H,5,13H2,1-4H3,(H,28,32)/t16-/m1/s1. The molecule has 0 aliphatic rings. The Kier molecular flexibility index (Phi) is 7.09. The maximum Gasteiger partial charge on any atom is 0.416 e. The molecule has 0 saturated carbocycles. The van der Waals surface area contributed by atoms with Gasteiger partial charge in [0.25, 0.3) is 11.5 Å². The summed E-state index contributed by atoms with van der Waals surface area (Å²) in [5.41, 5.74) is -0.726. The van der Waals surface area contributed by atoms with Gasteiger partial charge in [-0.15, -0.1) is 0 Å². The zero-order valence-corrected chi connectivity index (χ0v) is 19.2. The first kappa shape index (κ1) is 24.9. The Bertz CT molecular complexity index is 1310. The van der Waals surface area contributed by atoms with E-state index in [1.54, 1.807) is 19.1 Å². The van der Waals surface area contributed by atoms with Crippen LogP contribution in [0.3, 0.4) is 0 Å². The minimum Gasteiger partial charge on any atom is -0.348 e. The predicted molar refractivity (Wildman–Crippen MR) is 121 cm³/mol. The molecule has 2 aromatic carbocycles. The quantitative estimate of drug-likeness (QED) is 0.592. The Morgan fingerprint density at radius 1 is 1.06 bits per heavy atom. The second kappa shape index (κ2) is 9.66. The van der Waals surface area contributed by atoms with Crippen molar-refractivity contribution in [1.82, 2.24) is 19.7 Å². The van der Waals surface area contributed by atoms with Crippen LogP contribution in [0.4, 0.5) is 13.2 Å². The van der Waals surface area contributed by atoms with Gasteiger partial charge < -0.3 is 5.32 Å². The highest BCUT2D eigenvalue weighted by atomic mass is 19.4. The van der Waals surface area contributed by atoms with Crippen LogP contribution in [-0.2, 0) is 12.7 Å². The van der Waals surface area contributed by atoms with Crippen molar-refractivity contribution in [2.24, 2.45) is 0 Å². The van der Waals surface area contributed by atoms with Crippen molar-refractivity contribution in [3.63, 3.8) is 0 Å². The van der Waals surface area contributed by atoms with Gasteiger partial charge in [-0.2, -0.15) is 23.0 Å². The van der Waals surface area contributed by atoms with Gasteiger partial charge in [-0.05, 0) is 68.1 Å². The monoisotopic (exact) mass is 474 g/mol. The van der Waals surface area contributed by atoms with Crippen molar-refractivity contribution < 1.29 is 18.0 Å². The number of aryl methyl sites for hydroxylation is 2. The van der Waals surface area contributed by atoms with Gasteiger partial charge >= 0.3 is 11.9 Å². The van der Waals surface area contributed by atoms with Crippen LogP contribution >= 0.6 is 0 Å². The van der Waals surface area contributed by atoms with Crippen molar-refractivity contribution in [2.75, 3.05) is 0 Å². The molecule has 34 heavy (non-hydrogen) atoms. The Morgan fingerprint density at radius 3 is 2.18 bits per heavy atom. The third-order valence-electron chi connectivity index (χ3n) is 5.34. The summed E-state index contributed by atoms with van der Waals surface area (Å²) >= 11 is 0. The molecular formula is C24H25F3N4O3. The first-order chi connectivity index (χ1) is 15.9. The Balaban J connectivity index is 2.17. The van der Waals surface area contributed by atoms with Gasteiger partial charge in [-0.1, -0.05) is 25.1 Å². The van der Waals surface area contributed by atoms with Crippen molar-refractivity contribution in [1.29, 1.82) is 0 Å². The molecule has 180 valence electrons. The molecule has 10 heteroatoms. The third kappa shape index (κ3) is 5.44. The van der Waals surface area contributed by atoms with Crippen LogP contribution in [0.2, 0.25) is 0 Å². The molecule has 0 saturated heterocycles. The molecule has 0 bridgehead atoms. The Labute approximate surface area is 193 Å². The summed E-state index contributed by atoms with van der Waals surface area (Å²) in [4.78, 5) is 39.1. The van der Waals surface area contributed by atoms with Crippen LogP contribution in [0.5, 0.6) is 0 Å². The van der Waals surface area contributed by atoms with Crippen LogP contribution < -0.4 is 16.6 Å². The van der Waals surface area contributed by atoms with E-state index in [2.05, 4.69) is 10.4 Å². The molecule has 0 fully saturated rings. The lowest BCUT2D eigenvalue weighted by molar-refractivity contribution is -0.137. The number of aromatic nitrogens is 3. The Hall–Kier alpha value is -3.69. The fourth-order valence-electron chi connectivity index (χ4n) is 3.41. The molecule has 0 spiro atoms. The third-order valence-corrected chi connectivity index (χ3v) is 5.34. The smallest absolute Gasteiger partial charge is 0.348 e. The zero-order chi connectivity index (χ0) is 25.2. The van der Waals surface area contributed by atoms with E-state index in [9.17, 15) is 27.6 Å². The molecule has 7 nitrogen and oxygen atoms in total. The van der Waals surface area contributed by atoms with Gasteiger partial charge in [0.1, 0.15) is 0 Å². The number of carbonyl (C=O) groups is 1. The molecule has 0 radical (unpaired) electrons. The van der Waals surface area contributed by atoms with E-state index in [0.717, 1.165) is 32.5 Å². The first-order valence-electron chi connectivity index (χ1n) is 10.7. The lowest BCUT2D eigenvalue weighted by atomic mass is 10.1. The minimum absolute atomic E-state index is 0.237. The van der Waals surface area contributed by atoms with E-state index >= 15 is 0 Å². The summed E-state index contributed by atoms with van der Waals surface area (Å²) in [5, 5.41) is 6.74. The van der Waals surface area contributed by atoms with E-state index in [0.29, 0.717) is 17.7 Å². The second-order valence-electron chi connectivity index (χ2n) is 8.26. The number of benzene rings is 2. The van der Waals surface area contributed by atoms with Gasteiger partial charge in [0.05, 0.1) is 17.8 Å². The van der Waals surface area contributed by atoms with Gasteiger partial charge in [0, 0.05) is 6.04 Å². The molecule has 3 rings (SSSR count). The van der Waals surface area contributed by atoms with E-state index in [1.165, 1.54) is 12.1 Å². The fraction of sp³-hybridized carbons (Fsp3) is 0.333. The normalized spacial score (nSPS) is 12.4. The van der Waals surface area contributed by atoms with Crippen molar-refractivity contribution in [3.05, 3.63) is 91.3 Å². The molecule has 1 aromatic heterocycles. The number of rotatable bonds is 6. The second-order valence-corrected chi connectivity index (χ2v) is 8.26. The van der Waals surface area contributed by atoms with E-state index in [4.69, 9.17) is 0 Å². The summed E-state index contributed by atoms with van der Waals surface area (Å²) in [6.07, 6.45) is -3.90. The fourth-order valence-corrected chi connectivity index (χ4v) is 3.41. The molecular weight excluding hydrogens is 449 g/mol. The summed E-state index contributed by atoms with van der Waals surface area (Å²) in [5.74, 6) is -0.737. The number of hydrogen-bond donors (Lipinski definition) is 1. The molecule has 1 atom stereocenters. The largest absolute Gasteiger partial charge is 0.416 e. The van der Waals surface area contributed by atoms with Crippen LogP contribution in [0.25, 0.3) is 5.69 Å². The highest BCUT2D eigenvalue weighted by molar-refractivity contribution is 5.91. The number of nitrogens with zero attached hydrogens (tertiary/aromatic N) is 3. The first-order valence-corrected chi connectivity index (χ1v) is 10.7. The highest BCUT2D eigenvalue weighted by Gasteiger charge is 2.30. The van der Waals surface area contributed by atoms with Crippen LogP contribution in [-0.4, -0.2) is 26.3 Å². The number of halogens is 3. The number of hydrogen-bond acceptors (Lipinski definition) is 4. The molecule has 1 heterocycles. The highest BCUT2D eigenvalue weighted by Crippen LogP contribution is 2.29. The average molecular weight is 474 g/mol. The molecule has 0 aliphatic carbocycles. The molecule has 0 unspecified atom stereocenters. The molecule has 1 amide bonds. The molecule has 0 aliphatic heterocycles. The van der Waals surface area contributed by atoms with E-state index < -0.39 is 34.6 Å². The summed E-state index contributed by atoms with van der Waals surface area (Å²) < 4.78 is 40.5. The van der Waals surface area contributed by atoms with Gasteiger partial charge in [0.15, 0.2) is 0 Å². The maximum absolute atomic E-state index is 13.2. The topological polar surface area (TPSA) is 86.0 Å². The van der Waals surface area contributed by atoms with E-state index in [1.807, 2.05) is 26.8 Å². The summed E-state index contributed by atoms with van der Waals surface area (Å²) in [6.45, 7) is 6.95. The van der Waals surface area contributed by atoms with Crippen LogP contribution in [0.15, 0.2) is 52.1 Å². The number of amides is 1. The molecule has 1 N–H and O–H groups in total. The van der Waals surface area contributed by atoms with Crippen molar-refractivity contribution in [3.8, 4) is 5.69 Å². The van der Waals surface area contributed by atoms with Crippen molar-refractivity contribution >= 4 is 5.91 Å². The Morgan fingerprint density at radius 2 is 1.65 bits per heavy atom. The maximum atomic E-state index is 13.2. The minimum atomic E-state index is -4.51. The number of carbonyl (C=O) groups excluding carboxylic acids is 1. The van der Waals surface area contributed by atoms with Gasteiger partial charge in [0.2, 0.25) is 5.69 Å². The summed E-state index contributed by atoms with van der Waals surface area (Å²) in [7, 11) is 0. The molecule has 3 aromatic rings. The predicted octanol–water partition coefficient (Wildman–Crippen LogP) is 3.61. The average Bonchev–Trinajstić information content (AvgIpc) is 2.75. The lowest BCUT2D eigenvalue weighted by Gasteiger charge is -2.15. The zero-order valence-electron chi connectivity index (χ0n) is 19.2. The van der Waals surface area contributed by atoms with Crippen molar-refractivity contribution in [2.45, 2.75) is 52.9 Å². The van der Waals surface area contributed by atoms with Gasteiger partial charge in [-0.3, -0.25) is 14.2 Å². The van der Waals surface area contributed by atoms with Crippen LogP contribution in [0, 0.1) is 13.8 Å². The van der Waals surface area contributed by atoms with E-state index in [-0.39, 0.29) is 12.6 Å². The lowest BCUT2D eigenvalue weighted by Crippen LogP contribution is -2.47. The number of nitrogens with one attached hydrogen (secondary N) is 1. The van der Waals surface area contributed by atoms with Crippen LogP contribution in [0.1, 0.15) is 53.0 Å².